The lowest BCUT2D eigenvalue weighted by atomic mass is 10.1. The SMILES string of the molecule is O=C(COc1ccc2c(c1)CCC2)Nc1ccc(F)cc1Cl. The number of carbonyl (C=O) groups is 1. The van der Waals surface area contributed by atoms with Crippen molar-refractivity contribution in [1.29, 1.82) is 0 Å². The van der Waals surface area contributed by atoms with Crippen molar-refractivity contribution in [3.05, 3.63) is 58.4 Å². The Morgan fingerprint density at radius 2 is 2.00 bits per heavy atom. The second kappa shape index (κ2) is 6.36. The zero-order valence-electron chi connectivity index (χ0n) is 11.9. The molecule has 5 heteroatoms. The van der Waals surface area contributed by atoms with Gasteiger partial charge in [0, 0.05) is 0 Å². The normalized spacial score (nSPS) is 12.8. The van der Waals surface area contributed by atoms with Crippen molar-refractivity contribution in [3.63, 3.8) is 0 Å². The van der Waals surface area contributed by atoms with Crippen molar-refractivity contribution in [2.45, 2.75) is 19.3 Å². The number of nitrogens with one attached hydrogen (secondary N) is 1. The Hall–Kier alpha value is -2.07. The van der Waals surface area contributed by atoms with Gasteiger partial charge >= 0.3 is 0 Å². The summed E-state index contributed by atoms with van der Waals surface area (Å²) in [4.78, 5) is 11.9. The van der Waals surface area contributed by atoms with Gasteiger partial charge in [0.1, 0.15) is 11.6 Å². The van der Waals surface area contributed by atoms with Crippen LogP contribution >= 0.6 is 11.6 Å². The van der Waals surface area contributed by atoms with Crippen LogP contribution in [0.2, 0.25) is 5.02 Å². The Kier molecular flexibility index (Phi) is 4.29. The zero-order valence-corrected chi connectivity index (χ0v) is 12.6. The minimum Gasteiger partial charge on any atom is -0.484 e. The fourth-order valence-corrected chi connectivity index (χ4v) is 2.78. The van der Waals surface area contributed by atoms with Crippen LogP contribution in [0.15, 0.2) is 36.4 Å². The van der Waals surface area contributed by atoms with Crippen LogP contribution < -0.4 is 10.1 Å². The topological polar surface area (TPSA) is 38.3 Å². The van der Waals surface area contributed by atoms with Crippen molar-refractivity contribution >= 4 is 23.2 Å². The molecule has 0 saturated heterocycles. The number of amides is 1. The molecule has 2 aromatic carbocycles. The van der Waals surface area contributed by atoms with Crippen LogP contribution in [0.3, 0.4) is 0 Å². The van der Waals surface area contributed by atoms with E-state index in [0.717, 1.165) is 18.9 Å². The molecule has 0 heterocycles. The number of halogens is 2. The van der Waals surface area contributed by atoms with Crippen molar-refractivity contribution in [1.82, 2.24) is 0 Å². The Balaban J connectivity index is 1.58. The van der Waals surface area contributed by atoms with Crippen molar-refractivity contribution < 1.29 is 13.9 Å². The zero-order chi connectivity index (χ0) is 15.5. The summed E-state index contributed by atoms with van der Waals surface area (Å²) in [6.45, 7) is -0.119. The van der Waals surface area contributed by atoms with Gasteiger partial charge in [0.05, 0.1) is 10.7 Å². The van der Waals surface area contributed by atoms with Gasteiger partial charge < -0.3 is 10.1 Å². The smallest absolute Gasteiger partial charge is 0.262 e. The van der Waals surface area contributed by atoms with Crippen molar-refractivity contribution in [2.24, 2.45) is 0 Å². The maximum atomic E-state index is 12.9. The molecule has 0 bridgehead atoms. The van der Waals surface area contributed by atoms with E-state index in [1.54, 1.807) is 0 Å². The Bertz CT molecular complexity index is 718. The lowest BCUT2D eigenvalue weighted by molar-refractivity contribution is -0.118. The third kappa shape index (κ3) is 3.39. The maximum Gasteiger partial charge on any atom is 0.262 e. The van der Waals surface area contributed by atoms with Gasteiger partial charge in [-0.2, -0.15) is 0 Å². The molecule has 0 atom stereocenters. The lowest BCUT2D eigenvalue weighted by Gasteiger charge is -2.10. The largest absolute Gasteiger partial charge is 0.484 e. The molecule has 0 aromatic heterocycles. The number of rotatable bonds is 4. The van der Waals surface area contributed by atoms with E-state index >= 15 is 0 Å². The fourth-order valence-electron chi connectivity index (χ4n) is 2.56. The molecule has 0 fully saturated rings. The molecule has 0 spiro atoms. The predicted molar refractivity (Wildman–Crippen MR) is 84.0 cm³/mol. The highest BCUT2D eigenvalue weighted by Crippen LogP contribution is 2.26. The standard InChI is InChI=1S/C17H15ClFNO2/c18-15-9-13(19)5-7-16(15)20-17(21)10-22-14-6-4-11-2-1-3-12(11)8-14/h4-9H,1-3,10H2,(H,20,21). The molecule has 114 valence electrons. The number of hydrogen-bond donors (Lipinski definition) is 1. The average Bonchev–Trinajstić information content (AvgIpc) is 2.95. The van der Waals surface area contributed by atoms with Crippen LogP contribution in [-0.2, 0) is 17.6 Å². The van der Waals surface area contributed by atoms with E-state index in [9.17, 15) is 9.18 Å². The molecule has 1 aliphatic rings. The number of ether oxygens (including phenoxy) is 1. The molecular formula is C17H15ClFNO2. The van der Waals surface area contributed by atoms with Gasteiger partial charge in [-0.1, -0.05) is 17.7 Å². The van der Waals surface area contributed by atoms with Crippen molar-refractivity contribution in [3.8, 4) is 5.75 Å². The highest BCUT2D eigenvalue weighted by atomic mass is 35.5. The first-order chi connectivity index (χ1) is 10.6. The Labute approximate surface area is 133 Å². The number of aryl methyl sites for hydroxylation is 2. The molecule has 22 heavy (non-hydrogen) atoms. The second-order valence-electron chi connectivity index (χ2n) is 5.25. The highest BCUT2D eigenvalue weighted by Gasteiger charge is 2.12. The molecular weight excluding hydrogens is 305 g/mol. The van der Waals surface area contributed by atoms with Crippen LogP contribution in [0.1, 0.15) is 17.5 Å². The van der Waals surface area contributed by atoms with Gasteiger partial charge in [-0.15, -0.1) is 0 Å². The Morgan fingerprint density at radius 3 is 2.82 bits per heavy atom. The number of anilines is 1. The van der Waals surface area contributed by atoms with E-state index in [1.807, 2.05) is 18.2 Å². The molecule has 1 aliphatic carbocycles. The maximum absolute atomic E-state index is 12.9. The van der Waals surface area contributed by atoms with E-state index in [-0.39, 0.29) is 17.5 Å². The van der Waals surface area contributed by atoms with Crippen LogP contribution in [0, 0.1) is 5.82 Å². The molecule has 0 unspecified atom stereocenters. The van der Waals surface area contributed by atoms with Crippen LogP contribution in [0.25, 0.3) is 0 Å². The number of benzene rings is 2. The summed E-state index contributed by atoms with van der Waals surface area (Å²) in [7, 11) is 0. The van der Waals surface area contributed by atoms with Crippen LogP contribution in [0.4, 0.5) is 10.1 Å². The molecule has 0 radical (unpaired) electrons. The van der Waals surface area contributed by atoms with Gasteiger partial charge in [-0.3, -0.25) is 4.79 Å². The van der Waals surface area contributed by atoms with Gasteiger partial charge in [0.25, 0.3) is 5.91 Å². The quantitative estimate of drug-likeness (QED) is 0.925. The molecule has 0 saturated carbocycles. The van der Waals surface area contributed by atoms with E-state index < -0.39 is 5.82 Å². The average molecular weight is 320 g/mol. The monoisotopic (exact) mass is 319 g/mol. The minimum absolute atomic E-state index is 0.119. The van der Waals surface area contributed by atoms with E-state index in [1.165, 1.54) is 29.7 Å². The summed E-state index contributed by atoms with van der Waals surface area (Å²) >= 11 is 5.86. The first-order valence-corrected chi connectivity index (χ1v) is 7.49. The molecule has 0 aliphatic heterocycles. The molecule has 2 aromatic rings. The van der Waals surface area contributed by atoms with Crippen molar-refractivity contribution in [2.75, 3.05) is 11.9 Å². The van der Waals surface area contributed by atoms with E-state index in [0.29, 0.717) is 11.4 Å². The molecule has 1 N–H and O–H groups in total. The third-order valence-electron chi connectivity index (χ3n) is 3.65. The summed E-state index contributed by atoms with van der Waals surface area (Å²) < 4.78 is 18.4. The van der Waals surface area contributed by atoms with E-state index in [4.69, 9.17) is 16.3 Å². The van der Waals surface area contributed by atoms with E-state index in [2.05, 4.69) is 5.32 Å². The number of fused-ring (bicyclic) bond motifs is 1. The molecule has 1 amide bonds. The summed E-state index contributed by atoms with van der Waals surface area (Å²) in [6.07, 6.45) is 3.34. The fraction of sp³-hybridized carbons (Fsp3) is 0.235. The van der Waals surface area contributed by atoms with Gasteiger partial charge in [0.2, 0.25) is 0 Å². The molecule has 3 nitrogen and oxygen atoms in total. The highest BCUT2D eigenvalue weighted by molar-refractivity contribution is 6.33. The minimum atomic E-state index is -0.447. The first-order valence-electron chi connectivity index (χ1n) is 7.11. The van der Waals surface area contributed by atoms with Crippen LogP contribution in [0.5, 0.6) is 5.75 Å². The molecule has 3 rings (SSSR count). The Morgan fingerprint density at radius 1 is 1.18 bits per heavy atom. The first kappa shape index (κ1) is 14.9. The van der Waals surface area contributed by atoms with Gasteiger partial charge in [-0.05, 0) is 60.7 Å². The lowest BCUT2D eigenvalue weighted by Crippen LogP contribution is -2.20. The van der Waals surface area contributed by atoms with Gasteiger partial charge in [0.15, 0.2) is 6.61 Å². The number of carbonyl (C=O) groups excluding carboxylic acids is 1. The second-order valence-corrected chi connectivity index (χ2v) is 5.65. The summed E-state index contributed by atoms with van der Waals surface area (Å²) in [6, 6.07) is 9.72. The van der Waals surface area contributed by atoms with Gasteiger partial charge in [-0.25, -0.2) is 4.39 Å². The predicted octanol–water partition coefficient (Wildman–Crippen LogP) is 3.99. The summed E-state index contributed by atoms with van der Waals surface area (Å²) in [5, 5.41) is 2.76. The summed E-state index contributed by atoms with van der Waals surface area (Å²) in [5.74, 6) is -0.104. The number of hydrogen-bond acceptors (Lipinski definition) is 2. The van der Waals surface area contributed by atoms with Crippen LogP contribution in [-0.4, -0.2) is 12.5 Å². The third-order valence-corrected chi connectivity index (χ3v) is 3.96. The summed E-state index contributed by atoms with van der Waals surface area (Å²) in [5.41, 5.74) is 3.01.